The van der Waals surface area contributed by atoms with E-state index < -0.39 is 17.2 Å². The number of hydrogen-bond donors (Lipinski definition) is 2. The third-order valence-electron chi connectivity index (χ3n) is 3.74. The molecule has 0 radical (unpaired) electrons. The zero-order chi connectivity index (χ0) is 20.1. The smallest absolute Gasteiger partial charge is 0.349 e. The van der Waals surface area contributed by atoms with Crippen LogP contribution in [0, 0.1) is 0 Å². The largest absolute Gasteiger partial charge is 0.490 e. The van der Waals surface area contributed by atoms with Crippen molar-refractivity contribution < 1.29 is 14.3 Å². The van der Waals surface area contributed by atoms with Crippen LogP contribution in [0.4, 0.5) is 0 Å². The number of carbonyl (C=O) groups excluding carboxylic acids is 1. The molecule has 0 aliphatic rings. The quantitative estimate of drug-likeness (QED) is 0.585. The van der Waals surface area contributed by atoms with Crippen LogP contribution in [-0.2, 0) is 4.79 Å². The molecule has 144 valence electrons. The third-order valence-corrected chi connectivity index (χ3v) is 3.74. The maximum Gasteiger partial charge on any atom is 0.349 e. The lowest BCUT2D eigenvalue weighted by Gasteiger charge is -2.11. The Hall–Kier alpha value is -3.88. The number of benzene rings is 2. The van der Waals surface area contributed by atoms with E-state index >= 15 is 0 Å². The van der Waals surface area contributed by atoms with Crippen LogP contribution in [0.2, 0.25) is 0 Å². The van der Waals surface area contributed by atoms with Crippen LogP contribution in [0.5, 0.6) is 11.5 Å². The van der Waals surface area contributed by atoms with Crippen molar-refractivity contribution >= 4 is 23.0 Å². The zero-order valence-corrected chi connectivity index (χ0v) is 15.0. The van der Waals surface area contributed by atoms with Crippen molar-refractivity contribution in [3.8, 4) is 11.5 Å². The van der Waals surface area contributed by atoms with Gasteiger partial charge in [0, 0.05) is 0 Å². The van der Waals surface area contributed by atoms with E-state index in [1.807, 2.05) is 0 Å². The molecular formula is C19H18N4O5. The van der Waals surface area contributed by atoms with Crippen molar-refractivity contribution in [3.63, 3.8) is 0 Å². The van der Waals surface area contributed by atoms with Crippen LogP contribution < -0.4 is 26.5 Å². The molecule has 3 rings (SSSR count). The van der Waals surface area contributed by atoms with Gasteiger partial charge in [-0.15, -0.1) is 4.68 Å². The Balaban J connectivity index is 1.95. The van der Waals surface area contributed by atoms with E-state index in [0.29, 0.717) is 34.6 Å². The number of nitrogens with zero attached hydrogens (tertiary/aromatic N) is 2. The molecule has 0 aliphatic carbocycles. The number of ether oxygens (including phenoxy) is 2. The Morgan fingerprint density at radius 2 is 1.96 bits per heavy atom. The second-order valence-corrected chi connectivity index (χ2v) is 5.73. The zero-order valence-electron chi connectivity index (χ0n) is 15.0. The Labute approximate surface area is 159 Å². The van der Waals surface area contributed by atoms with Gasteiger partial charge in [-0.25, -0.2) is 4.79 Å². The SMILES string of the molecule is CCOc1cc(C=Nn2c(=O)[nH]c3ccccc3c2=O)ccc1OCC(N)=O. The van der Waals surface area contributed by atoms with Gasteiger partial charge in [0.25, 0.3) is 11.5 Å². The summed E-state index contributed by atoms with van der Waals surface area (Å²) in [7, 11) is 0. The molecule has 3 N–H and O–H groups in total. The number of H-pyrrole nitrogens is 1. The first-order valence-corrected chi connectivity index (χ1v) is 8.46. The lowest BCUT2D eigenvalue weighted by molar-refractivity contribution is -0.119. The number of rotatable bonds is 7. The van der Waals surface area contributed by atoms with E-state index in [1.54, 1.807) is 49.4 Å². The number of fused-ring (bicyclic) bond motifs is 1. The van der Waals surface area contributed by atoms with Crippen LogP contribution in [0.1, 0.15) is 12.5 Å². The molecule has 0 fully saturated rings. The van der Waals surface area contributed by atoms with Gasteiger partial charge >= 0.3 is 5.69 Å². The number of aromatic nitrogens is 2. The molecule has 9 heteroatoms. The Kier molecular flexibility index (Phi) is 5.54. The Morgan fingerprint density at radius 1 is 1.18 bits per heavy atom. The second kappa shape index (κ2) is 8.21. The summed E-state index contributed by atoms with van der Waals surface area (Å²) in [6, 6.07) is 11.5. The highest BCUT2D eigenvalue weighted by atomic mass is 16.5. The van der Waals surface area contributed by atoms with E-state index in [9.17, 15) is 14.4 Å². The van der Waals surface area contributed by atoms with Crippen molar-refractivity contribution in [1.29, 1.82) is 0 Å². The summed E-state index contributed by atoms with van der Waals surface area (Å²) in [6.45, 7) is 1.89. The maximum atomic E-state index is 12.5. The fourth-order valence-electron chi connectivity index (χ4n) is 2.52. The summed E-state index contributed by atoms with van der Waals surface area (Å²) < 4.78 is 11.5. The van der Waals surface area contributed by atoms with Crippen LogP contribution >= 0.6 is 0 Å². The molecule has 1 aromatic heterocycles. The van der Waals surface area contributed by atoms with Crippen molar-refractivity contribution in [3.05, 3.63) is 68.9 Å². The normalized spacial score (nSPS) is 11.0. The van der Waals surface area contributed by atoms with Gasteiger partial charge in [0.1, 0.15) is 0 Å². The highest BCUT2D eigenvalue weighted by Gasteiger charge is 2.09. The van der Waals surface area contributed by atoms with Crippen LogP contribution in [0.3, 0.4) is 0 Å². The predicted octanol–water partition coefficient (Wildman–Crippen LogP) is 0.835. The molecule has 0 spiro atoms. The molecule has 0 bridgehead atoms. The highest BCUT2D eigenvalue weighted by molar-refractivity contribution is 5.81. The van der Waals surface area contributed by atoms with E-state index in [-0.39, 0.29) is 6.61 Å². The average Bonchev–Trinajstić information content (AvgIpc) is 2.67. The number of aromatic amines is 1. The van der Waals surface area contributed by atoms with Crippen LogP contribution in [0.15, 0.2) is 57.2 Å². The summed E-state index contributed by atoms with van der Waals surface area (Å²) in [5.41, 5.74) is 4.92. The number of nitrogens with two attached hydrogens (primary N) is 1. The Morgan fingerprint density at radius 3 is 2.71 bits per heavy atom. The topological polar surface area (TPSA) is 129 Å². The minimum absolute atomic E-state index is 0.282. The standard InChI is InChI=1S/C19H18N4O5/c1-2-27-16-9-12(7-8-15(16)28-11-17(20)24)10-21-23-18(25)13-5-3-4-6-14(13)22-19(23)26/h3-10H,2,11H2,1H3,(H2,20,24)(H,22,26). The van der Waals surface area contributed by atoms with E-state index in [4.69, 9.17) is 15.2 Å². The fraction of sp³-hybridized carbons (Fsp3) is 0.158. The first kappa shape index (κ1) is 18.9. The van der Waals surface area contributed by atoms with Gasteiger partial charge in [-0.05, 0) is 42.8 Å². The van der Waals surface area contributed by atoms with Crippen LogP contribution in [0.25, 0.3) is 10.9 Å². The molecular weight excluding hydrogens is 364 g/mol. The van der Waals surface area contributed by atoms with Gasteiger partial charge < -0.3 is 20.2 Å². The van der Waals surface area contributed by atoms with E-state index in [0.717, 1.165) is 4.68 Å². The first-order chi connectivity index (χ1) is 13.5. The Bertz CT molecular complexity index is 1160. The molecule has 3 aromatic rings. The van der Waals surface area contributed by atoms with Crippen molar-refractivity contribution in [1.82, 2.24) is 9.66 Å². The van der Waals surface area contributed by atoms with Crippen molar-refractivity contribution in [2.75, 3.05) is 13.2 Å². The van der Waals surface area contributed by atoms with Gasteiger partial charge in [-0.3, -0.25) is 9.59 Å². The van der Waals surface area contributed by atoms with E-state index in [2.05, 4.69) is 10.1 Å². The molecule has 9 nitrogen and oxygen atoms in total. The van der Waals surface area contributed by atoms with Gasteiger partial charge in [-0.1, -0.05) is 12.1 Å². The number of nitrogens with one attached hydrogen (secondary N) is 1. The van der Waals surface area contributed by atoms with Crippen molar-refractivity contribution in [2.45, 2.75) is 6.92 Å². The monoisotopic (exact) mass is 382 g/mol. The molecule has 0 atom stereocenters. The van der Waals surface area contributed by atoms with Gasteiger partial charge in [0.05, 0.1) is 23.7 Å². The van der Waals surface area contributed by atoms with Gasteiger partial charge in [0.2, 0.25) is 0 Å². The van der Waals surface area contributed by atoms with E-state index in [1.165, 1.54) is 6.21 Å². The summed E-state index contributed by atoms with van der Waals surface area (Å²) in [5, 5.41) is 4.35. The minimum Gasteiger partial charge on any atom is -0.490 e. The molecule has 1 heterocycles. The molecule has 2 aromatic carbocycles. The number of hydrogen-bond acceptors (Lipinski definition) is 6. The number of primary amides is 1. The number of carbonyl (C=O) groups is 1. The second-order valence-electron chi connectivity index (χ2n) is 5.73. The first-order valence-electron chi connectivity index (χ1n) is 8.46. The fourth-order valence-corrected chi connectivity index (χ4v) is 2.52. The number of amides is 1. The molecule has 1 amide bonds. The summed E-state index contributed by atoms with van der Waals surface area (Å²) in [6.07, 6.45) is 1.35. The average molecular weight is 382 g/mol. The third kappa shape index (κ3) is 4.09. The summed E-state index contributed by atoms with van der Waals surface area (Å²) in [5.74, 6) is 0.119. The molecule has 0 saturated heterocycles. The van der Waals surface area contributed by atoms with Crippen molar-refractivity contribution in [2.24, 2.45) is 10.8 Å². The highest BCUT2D eigenvalue weighted by Crippen LogP contribution is 2.28. The molecule has 0 saturated carbocycles. The molecule has 28 heavy (non-hydrogen) atoms. The predicted molar refractivity (Wildman–Crippen MR) is 104 cm³/mol. The van der Waals surface area contributed by atoms with Crippen LogP contribution in [-0.4, -0.2) is 35.0 Å². The lowest BCUT2D eigenvalue weighted by Crippen LogP contribution is -2.32. The molecule has 0 aliphatic heterocycles. The van der Waals surface area contributed by atoms with Gasteiger partial charge in [0.15, 0.2) is 18.1 Å². The maximum absolute atomic E-state index is 12.5. The summed E-state index contributed by atoms with van der Waals surface area (Å²) in [4.78, 5) is 38.1. The number of para-hydroxylation sites is 1. The molecule has 0 unspecified atom stereocenters. The van der Waals surface area contributed by atoms with Gasteiger partial charge in [-0.2, -0.15) is 5.10 Å². The summed E-state index contributed by atoms with van der Waals surface area (Å²) >= 11 is 0. The lowest BCUT2D eigenvalue weighted by atomic mass is 10.2. The minimum atomic E-state index is -0.647.